The van der Waals surface area contributed by atoms with Gasteiger partial charge in [0.2, 0.25) is 0 Å². The molecule has 2 radical (unpaired) electrons. The van der Waals surface area contributed by atoms with Gasteiger partial charge in [-0.25, -0.2) is 9.37 Å². The zero-order valence-corrected chi connectivity index (χ0v) is 12.0. The molecule has 0 spiro atoms. The fourth-order valence-corrected chi connectivity index (χ4v) is 2.90. The van der Waals surface area contributed by atoms with E-state index in [0.29, 0.717) is 11.0 Å². The van der Waals surface area contributed by atoms with Gasteiger partial charge in [0.05, 0.1) is 4.90 Å². The highest BCUT2D eigenvalue weighted by Gasteiger charge is 2.19. The van der Waals surface area contributed by atoms with Crippen molar-refractivity contribution < 1.29 is 12.8 Å². The van der Waals surface area contributed by atoms with Crippen LogP contribution < -0.4 is 5.46 Å². The van der Waals surface area contributed by atoms with Crippen molar-refractivity contribution in [2.45, 2.75) is 4.90 Å². The summed E-state index contributed by atoms with van der Waals surface area (Å²) in [5.74, 6) is -0.259. The summed E-state index contributed by atoms with van der Waals surface area (Å²) >= 11 is 0. The van der Waals surface area contributed by atoms with E-state index in [-0.39, 0.29) is 10.7 Å². The first-order chi connectivity index (χ1) is 10.5. The van der Waals surface area contributed by atoms with Crippen LogP contribution >= 0.6 is 0 Å². The van der Waals surface area contributed by atoms with Crippen molar-refractivity contribution in [2.75, 3.05) is 0 Å². The van der Waals surface area contributed by atoms with Crippen molar-refractivity contribution in [3.05, 3.63) is 60.7 Å². The summed E-state index contributed by atoms with van der Waals surface area (Å²) in [6.07, 6.45) is 1.10. The molecule has 8 heteroatoms. The predicted octanol–water partition coefficient (Wildman–Crippen LogP) is 1.11. The molecule has 0 N–H and O–H groups in total. The van der Waals surface area contributed by atoms with Crippen LogP contribution in [0.25, 0.3) is 11.4 Å². The van der Waals surface area contributed by atoms with Gasteiger partial charge < -0.3 is 0 Å². The third-order valence-electron chi connectivity index (χ3n) is 3.00. The standard InChI is InChI=1S/C14H9BFN3O2S/c15-11-3-1-10(2-4-11)14-17-9-19(18-14)22(20,21)13-7-5-12(16)6-8-13/h1-9H. The number of rotatable bonds is 3. The van der Waals surface area contributed by atoms with E-state index < -0.39 is 15.8 Å². The Labute approximate surface area is 127 Å². The Bertz CT molecular complexity index is 906. The van der Waals surface area contributed by atoms with Gasteiger partial charge in [-0.1, -0.05) is 29.7 Å². The van der Waals surface area contributed by atoms with Crippen molar-refractivity contribution in [2.24, 2.45) is 0 Å². The fourth-order valence-electron chi connectivity index (χ4n) is 1.84. The summed E-state index contributed by atoms with van der Waals surface area (Å²) in [4.78, 5) is 3.92. The lowest BCUT2D eigenvalue weighted by molar-refractivity contribution is 0.579. The van der Waals surface area contributed by atoms with Crippen LogP contribution in [0.5, 0.6) is 0 Å². The highest BCUT2D eigenvalue weighted by molar-refractivity contribution is 7.89. The normalized spacial score (nSPS) is 11.5. The third kappa shape index (κ3) is 2.65. The lowest BCUT2D eigenvalue weighted by Gasteiger charge is -2.03. The second-order valence-electron chi connectivity index (χ2n) is 4.52. The van der Waals surface area contributed by atoms with Crippen molar-refractivity contribution >= 4 is 23.3 Å². The van der Waals surface area contributed by atoms with Gasteiger partial charge in [-0.05, 0) is 24.3 Å². The van der Waals surface area contributed by atoms with E-state index in [0.717, 1.165) is 22.5 Å². The SMILES string of the molecule is [B]c1ccc(-c2ncn(S(=O)(=O)c3ccc(F)cc3)n2)cc1. The van der Waals surface area contributed by atoms with Gasteiger partial charge in [0.15, 0.2) is 5.82 Å². The van der Waals surface area contributed by atoms with Gasteiger partial charge in [-0.2, -0.15) is 8.42 Å². The topological polar surface area (TPSA) is 64.8 Å². The molecule has 0 amide bonds. The molecular formula is C14H9BFN3O2S. The number of hydrogen-bond donors (Lipinski definition) is 0. The Morgan fingerprint density at radius 2 is 1.64 bits per heavy atom. The zero-order valence-electron chi connectivity index (χ0n) is 11.2. The molecule has 0 atom stereocenters. The average molecular weight is 313 g/mol. The third-order valence-corrected chi connectivity index (χ3v) is 4.54. The summed E-state index contributed by atoms with van der Waals surface area (Å²) in [6, 6.07) is 11.2. The van der Waals surface area contributed by atoms with Crippen LogP contribution in [0.3, 0.4) is 0 Å². The Morgan fingerprint density at radius 1 is 1.00 bits per heavy atom. The Hall–Kier alpha value is -2.48. The van der Waals surface area contributed by atoms with Crippen LogP contribution in [0.15, 0.2) is 59.8 Å². The highest BCUT2D eigenvalue weighted by Crippen LogP contribution is 2.17. The molecule has 0 aliphatic carbocycles. The fraction of sp³-hybridized carbons (Fsp3) is 0. The number of aromatic nitrogens is 3. The number of benzene rings is 2. The first-order valence-electron chi connectivity index (χ1n) is 6.25. The minimum absolute atomic E-state index is 0.0670. The van der Waals surface area contributed by atoms with Crippen molar-refractivity contribution in [1.82, 2.24) is 14.2 Å². The molecule has 0 bridgehead atoms. The van der Waals surface area contributed by atoms with Gasteiger partial charge in [-0.15, -0.1) is 9.19 Å². The molecular weight excluding hydrogens is 304 g/mol. The molecule has 0 saturated carbocycles. The zero-order chi connectivity index (χ0) is 15.7. The van der Waals surface area contributed by atoms with Crippen molar-refractivity contribution in [1.29, 1.82) is 0 Å². The largest absolute Gasteiger partial charge is 0.284 e. The monoisotopic (exact) mass is 313 g/mol. The quantitative estimate of drug-likeness (QED) is 0.680. The van der Waals surface area contributed by atoms with Crippen LogP contribution in [0.4, 0.5) is 4.39 Å². The molecule has 22 heavy (non-hydrogen) atoms. The van der Waals surface area contributed by atoms with Crippen molar-refractivity contribution in [3.63, 3.8) is 0 Å². The van der Waals surface area contributed by atoms with E-state index in [9.17, 15) is 12.8 Å². The Morgan fingerprint density at radius 3 is 2.27 bits per heavy atom. The molecule has 1 heterocycles. The minimum Gasteiger partial charge on any atom is -0.214 e. The number of hydrogen-bond acceptors (Lipinski definition) is 4. The van der Waals surface area contributed by atoms with Gasteiger partial charge in [0, 0.05) is 5.56 Å². The van der Waals surface area contributed by atoms with E-state index in [1.165, 1.54) is 12.1 Å². The van der Waals surface area contributed by atoms with Gasteiger partial charge >= 0.3 is 0 Å². The summed E-state index contributed by atoms with van der Waals surface area (Å²) < 4.78 is 38.4. The molecule has 1 aromatic heterocycles. The van der Waals surface area contributed by atoms with Crippen LogP contribution in [-0.4, -0.2) is 30.4 Å². The first-order valence-corrected chi connectivity index (χ1v) is 7.69. The molecule has 0 unspecified atom stereocenters. The molecule has 3 rings (SSSR count). The first kappa shape index (κ1) is 14.5. The maximum atomic E-state index is 12.9. The van der Waals surface area contributed by atoms with Gasteiger partial charge in [0.25, 0.3) is 10.0 Å². The molecule has 3 aromatic rings. The number of halogens is 1. The Balaban J connectivity index is 1.99. The average Bonchev–Trinajstić information content (AvgIpc) is 2.99. The molecule has 0 fully saturated rings. The predicted molar refractivity (Wildman–Crippen MR) is 79.8 cm³/mol. The molecule has 2 aromatic carbocycles. The van der Waals surface area contributed by atoms with E-state index in [1.54, 1.807) is 24.3 Å². The van der Waals surface area contributed by atoms with E-state index in [1.807, 2.05) is 0 Å². The lowest BCUT2D eigenvalue weighted by Crippen LogP contribution is -2.13. The van der Waals surface area contributed by atoms with Crippen LogP contribution in [-0.2, 0) is 10.0 Å². The van der Waals surface area contributed by atoms with Crippen molar-refractivity contribution in [3.8, 4) is 11.4 Å². The minimum atomic E-state index is -3.90. The Kier molecular flexibility index (Phi) is 3.54. The summed E-state index contributed by atoms with van der Waals surface area (Å²) in [7, 11) is 1.70. The smallest absolute Gasteiger partial charge is 0.214 e. The maximum Gasteiger partial charge on any atom is 0.284 e. The number of nitrogens with zero attached hydrogens (tertiary/aromatic N) is 3. The van der Waals surface area contributed by atoms with Crippen LogP contribution in [0.2, 0.25) is 0 Å². The maximum absolute atomic E-state index is 12.9. The van der Waals surface area contributed by atoms with E-state index >= 15 is 0 Å². The van der Waals surface area contributed by atoms with E-state index in [4.69, 9.17) is 7.85 Å². The molecule has 108 valence electrons. The second-order valence-corrected chi connectivity index (χ2v) is 6.32. The van der Waals surface area contributed by atoms with Gasteiger partial charge in [0.1, 0.15) is 20.0 Å². The summed E-state index contributed by atoms with van der Waals surface area (Å²) in [5, 5.41) is 3.96. The molecule has 0 saturated heterocycles. The molecule has 0 aliphatic heterocycles. The molecule has 0 aliphatic rings. The van der Waals surface area contributed by atoms with Crippen LogP contribution in [0.1, 0.15) is 0 Å². The summed E-state index contributed by atoms with van der Waals surface area (Å²) in [6.45, 7) is 0. The summed E-state index contributed by atoms with van der Waals surface area (Å²) in [5.41, 5.74) is 1.23. The lowest BCUT2D eigenvalue weighted by atomic mass is 9.95. The van der Waals surface area contributed by atoms with Crippen LogP contribution in [0, 0.1) is 5.82 Å². The highest BCUT2D eigenvalue weighted by atomic mass is 32.2. The van der Waals surface area contributed by atoms with E-state index in [2.05, 4.69) is 10.1 Å². The second kappa shape index (κ2) is 5.38. The van der Waals surface area contributed by atoms with Gasteiger partial charge in [-0.3, -0.25) is 0 Å². The molecule has 5 nitrogen and oxygen atoms in total.